The van der Waals surface area contributed by atoms with Crippen LogP contribution in [0.4, 0.5) is 0 Å². The van der Waals surface area contributed by atoms with E-state index in [2.05, 4.69) is 21.2 Å². The summed E-state index contributed by atoms with van der Waals surface area (Å²) in [5.41, 5.74) is -0.0935. The molecule has 7 nitrogen and oxygen atoms in total. The van der Waals surface area contributed by atoms with Crippen LogP contribution in [0.5, 0.6) is 0 Å². The van der Waals surface area contributed by atoms with Crippen LogP contribution in [-0.4, -0.2) is 34.3 Å². The molecule has 0 saturated carbocycles. The number of carbonyl (C=O) groups excluding carboxylic acids is 1. The first-order valence-electron chi connectivity index (χ1n) is 8.45. The highest BCUT2D eigenvalue weighted by Crippen LogP contribution is 2.06. The molecule has 0 atom stereocenters. The predicted molar refractivity (Wildman–Crippen MR) is 100 cm³/mol. The largest absolute Gasteiger partial charge is 0.381 e. The molecule has 138 valence electrons. The number of benzene rings is 1. The van der Waals surface area contributed by atoms with Gasteiger partial charge >= 0.3 is 5.69 Å². The van der Waals surface area contributed by atoms with Gasteiger partial charge in [0.25, 0.3) is 5.56 Å². The Morgan fingerprint density at radius 1 is 1.19 bits per heavy atom. The third-order valence-electron chi connectivity index (χ3n) is 4.28. The van der Waals surface area contributed by atoms with E-state index in [1.165, 1.54) is 10.8 Å². The zero-order chi connectivity index (χ0) is 18.5. The van der Waals surface area contributed by atoms with E-state index in [0.717, 1.165) is 23.0 Å². The second-order valence-electron chi connectivity index (χ2n) is 6.22. The van der Waals surface area contributed by atoms with Crippen molar-refractivity contribution in [2.45, 2.75) is 32.0 Å². The molecular weight excluding hydrogens is 402 g/mol. The number of nitrogens with zero attached hydrogens (tertiary/aromatic N) is 2. The number of carbonyl (C=O) groups is 1. The van der Waals surface area contributed by atoms with E-state index in [4.69, 9.17) is 4.74 Å². The summed E-state index contributed by atoms with van der Waals surface area (Å²) >= 11 is 3.19. The Morgan fingerprint density at radius 2 is 1.88 bits per heavy atom. The van der Waals surface area contributed by atoms with Crippen LogP contribution in [0.25, 0.3) is 0 Å². The highest BCUT2D eigenvalue weighted by atomic mass is 79.9. The summed E-state index contributed by atoms with van der Waals surface area (Å²) in [6.07, 6.45) is 2.93. The smallest absolute Gasteiger partial charge is 0.331 e. The lowest BCUT2D eigenvalue weighted by atomic mass is 10.1. The monoisotopic (exact) mass is 421 g/mol. The van der Waals surface area contributed by atoms with Gasteiger partial charge in [0.15, 0.2) is 0 Å². The topological polar surface area (TPSA) is 82.3 Å². The van der Waals surface area contributed by atoms with E-state index in [9.17, 15) is 14.4 Å². The van der Waals surface area contributed by atoms with Gasteiger partial charge in [0.05, 0.1) is 11.0 Å². The summed E-state index contributed by atoms with van der Waals surface area (Å²) in [7, 11) is 0. The molecule has 0 radical (unpaired) electrons. The SMILES string of the molecule is O=C(Cn1c(=O)c(Br)cn(Cc2ccccc2)c1=O)NC1CCOCC1. The molecule has 1 saturated heterocycles. The molecule has 1 aromatic heterocycles. The fourth-order valence-electron chi connectivity index (χ4n) is 2.91. The first-order valence-corrected chi connectivity index (χ1v) is 9.24. The van der Waals surface area contributed by atoms with Gasteiger partial charge in [-0.1, -0.05) is 30.3 Å². The van der Waals surface area contributed by atoms with Gasteiger partial charge in [-0.25, -0.2) is 9.36 Å². The quantitative estimate of drug-likeness (QED) is 0.783. The van der Waals surface area contributed by atoms with Crippen molar-refractivity contribution in [3.63, 3.8) is 0 Å². The average Bonchev–Trinajstić information content (AvgIpc) is 2.65. The van der Waals surface area contributed by atoms with E-state index in [-0.39, 0.29) is 23.0 Å². The van der Waals surface area contributed by atoms with Crippen molar-refractivity contribution >= 4 is 21.8 Å². The van der Waals surface area contributed by atoms with Gasteiger partial charge in [-0.2, -0.15) is 0 Å². The number of nitrogens with one attached hydrogen (secondary N) is 1. The maximum absolute atomic E-state index is 12.7. The Hall–Kier alpha value is -2.19. The summed E-state index contributed by atoms with van der Waals surface area (Å²) in [4.78, 5) is 37.3. The number of aromatic nitrogens is 2. The fraction of sp³-hybridized carbons (Fsp3) is 0.389. The summed E-state index contributed by atoms with van der Waals surface area (Å²) in [5.74, 6) is -0.347. The zero-order valence-corrected chi connectivity index (χ0v) is 15.8. The van der Waals surface area contributed by atoms with Gasteiger partial charge in [-0.05, 0) is 34.3 Å². The molecule has 1 fully saturated rings. The zero-order valence-electron chi connectivity index (χ0n) is 14.2. The molecule has 1 aliphatic rings. The highest BCUT2D eigenvalue weighted by Gasteiger charge is 2.18. The molecule has 26 heavy (non-hydrogen) atoms. The number of hydrogen-bond acceptors (Lipinski definition) is 4. The van der Waals surface area contributed by atoms with E-state index < -0.39 is 11.2 Å². The van der Waals surface area contributed by atoms with Crippen molar-refractivity contribution in [1.82, 2.24) is 14.5 Å². The van der Waals surface area contributed by atoms with Crippen molar-refractivity contribution in [3.8, 4) is 0 Å². The number of halogens is 1. The Balaban J connectivity index is 1.80. The molecule has 0 spiro atoms. The minimum absolute atomic E-state index is 0.0191. The van der Waals surface area contributed by atoms with E-state index >= 15 is 0 Å². The van der Waals surface area contributed by atoms with Crippen LogP contribution < -0.4 is 16.6 Å². The van der Waals surface area contributed by atoms with Gasteiger partial charge in [-0.3, -0.25) is 14.2 Å². The van der Waals surface area contributed by atoms with Crippen LogP contribution in [0.15, 0.2) is 50.6 Å². The van der Waals surface area contributed by atoms with Crippen molar-refractivity contribution in [2.24, 2.45) is 0 Å². The van der Waals surface area contributed by atoms with Gasteiger partial charge < -0.3 is 10.1 Å². The lowest BCUT2D eigenvalue weighted by molar-refractivity contribution is -0.123. The van der Waals surface area contributed by atoms with Crippen LogP contribution in [0.1, 0.15) is 18.4 Å². The molecular formula is C18H20BrN3O4. The van der Waals surface area contributed by atoms with Crippen LogP contribution in [0.3, 0.4) is 0 Å². The predicted octanol–water partition coefficient (Wildman–Crippen LogP) is 1.12. The molecule has 1 N–H and O–H groups in total. The maximum Gasteiger partial charge on any atom is 0.331 e. The van der Waals surface area contributed by atoms with E-state index in [1.54, 1.807) is 0 Å². The number of rotatable bonds is 5. The van der Waals surface area contributed by atoms with Crippen molar-refractivity contribution < 1.29 is 9.53 Å². The molecule has 2 heterocycles. The van der Waals surface area contributed by atoms with Crippen LogP contribution in [-0.2, 0) is 22.6 Å². The summed E-state index contributed by atoms with van der Waals surface area (Å²) in [6, 6.07) is 9.47. The summed E-state index contributed by atoms with van der Waals surface area (Å²) in [5, 5.41) is 2.87. The lowest BCUT2D eigenvalue weighted by Gasteiger charge is -2.23. The second-order valence-corrected chi connectivity index (χ2v) is 7.07. The Morgan fingerprint density at radius 3 is 2.58 bits per heavy atom. The Kier molecular flexibility index (Phi) is 6.05. The van der Waals surface area contributed by atoms with Crippen molar-refractivity contribution in [3.05, 3.63) is 67.4 Å². The molecule has 0 aliphatic carbocycles. The minimum Gasteiger partial charge on any atom is -0.381 e. The second kappa shape index (κ2) is 8.46. The first-order chi connectivity index (χ1) is 12.5. The Bertz CT molecular complexity index is 886. The first kappa shape index (κ1) is 18.6. The third kappa shape index (κ3) is 4.50. The molecule has 1 amide bonds. The molecule has 1 aromatic carbocycles. The molecule has 8 heteroatoms. The normalized spacial score (nSPS) is 15.0. The Labute approximate surface area is 158 Å². The van der Waals surface area contributed by atoms with Crippen molar-refractivity contribution in [2.75, 3.05) is 13.2 Å². The molecule has 0 unspecified atom stereocenters. The molecule has 3 rings (SSSR count). The van der Waals surface area contributed by atoms with Crippen LogP contribution >= 0.6 is 15.9 Å². The molecule has 2 aromatic rings. The van der Waals surface area contributed by atoms with Gasteiger partial charge in [0, 0.05) is 25.5 Å². The highest BCUT2D eigenvalue weighted by molar-refractivity contribution is 9.10. The van der Waals surface area contributed by atoms with Gasteiger partial charge in [0.2, 0.25) is 5.91 Å². The minimum atomic E-state index is -0.513. The number of hydrogen-bond donors (Lipinski definition) is 1. The average molecular weight is 422 g/mol. The third-order valence-corrected chi connectivity index (χ3v) is 4.82. The standard InChI is InChI=1S/C18H20BrN3O4/c19-15-11-21(10-13-4-2-1-3-5-13)18(25)22(17(15)24)12-16(23)20-14-6-8-26-9-7-14/h1-5,11,14H,6-10,12H2,(H,20,23). The fourth-order valence-corrected chi connectivity index (χ4v) is 3.37. The van der Waals surface area contributed by atoms with Gasteiger partial charge in [-0.15, -0.1) is 0 Å². The van der Waals surface area contributed by atoms with Crippen LogP contribution in [0, 0.1) is 0 Å². The summed E-state index contributed by atoms with van der Waals surface area (Å²) < 4.78 is 7.88. The maximum atomic E-state index is 12.7. The van der Waals surface area contributed by atoms with Crippen LogP contribution in [0.2, 0.25) is 0 Å². The van der Waals surface area contributed by atoms with E-state index in [1.807, 2.05) is 30.3 Å². The molecule has 0 bridgehead atoms. The number of amides is 1. The number of ether oxygens (including phenoxy) is 1. The summed E-state index contributed by atoms with van der Waals surface area (Å²) in [6.45, 7) is 1.22. The van der Waals surface area contributed by atoms with Crippen molar-refractivity contribution in [1.29, 1.82) is 0 Å². The van der Waals surface area contributed by atoms with E-state index in [0.29, 0.717) is 19.8 Å². The van der Waals surface area contributed by atoms with Gasteiger partial charge in [0.1, 0.15) is 6.54 Å². The molecule has 1 aliphatic heterocycles. The lowest BCUT2D eigenvalue weighted by Crippen LogP contribution is -2.46.